The number of pyridine rings is 1. The van der Waals surface area contributed by atoms with Crippen molar-refractivity contribution in [1.82, 2.24) is 14.6 Å². The van der Waals surface area contributed by atoms with E-state index in [0.717, 1.165) is 24.3 Å². The van der Waals surface area contributed by atoms with E-state index in [-0.39, 0.29) is 0 Å². The number of primary amides is 1. The van der Waals surface area contributed by atoms with Crippen LogP contribution in [-0.4, -0.2) is 20.5 Å². The first-order chi connectivity index (χ1) is 7.22. The monoisotopic (exact) mass is 204 g/mol. The van der Waals surface area contributed by atoms with Gasteiger partial charge in [0.1, 0.15) is 5.82 Å². The summed E-state index contributed by atoms with van der Waals surface area (Å²) in [6.07, 6.45) is 3.51. The Morgan fingerprint density at radius 3 is 2.93 bits per heavy atom. The zero-order valence-corrected chi connectivity index (χ0v) is 8.47. The summed E-state index contributed by atoms with van der Waals surface area (Å²) in [5.41, 5.74) is 6.42. The highest BCUT2D eigenvalue weighted by Crippen LogP contribution is 2.08. The van der Waals surface area contributed by atoms with Crippen LogP contribution in [0.4, 0.5) is 0 Å². The normalized spacial score (nSPS) is 10.7. The van der Waals surface area contributed by atoms with E-state index in [2.05, 4.69) is 17.1 Å². The number of hydrogen-bond acceptors (Lipinski definition) is 3. The minimum absolute atomic E-state index is 0.437. The van der Waals surface area contributed by atoms with Crippen LogP contribution in [0.25, 0.3) is 5.65 Å². The lowest BCUT2D eigenvalue weighted by Crippen LogP contribution is -2.12. The molecule has 0 saturated heterocycles. The third kappa shape index (κ3) is 1.68. The maximum atomic E-state index is 11.0. The Morgan fingerprint density at radius 2 is 2.27 bits per heavy atom. The van der Waals surface area contributed by atoms with E-state index in [1.54, 1.807) is 18.3 Å². The van der Waals surface area contributed by atoms with Crippen LogP contribution in [0, 0.1) is 0 Å². The van der Waals surface area contributed by atoms with Gasteiger partial charge in [-0.2, -0.15) is 0 Å². The zero-order chi connectivity index (χ0) is 10.8. The fourth-order valence-corrected chi connectivity index (χ4v) is 1.48. The first kappa shape index (κ1) is 9.64. The lowest BCUT2D eigenvalue weighted by Gasteiger charge is -1.99. The second kappa shape index (κ2) is 3.68. The smallest absolute Gasteiger partial charge is 0.250 e. The third-order valence-corrected chi connectivity index (χ3v) is 2.23. The molecular weight excluding hydrogens is 192 g/mol. The van der Waals surface area contributed by atoms with Gasteiger partial charge in [0.05, 0.1) is 5.56 Å². The number of carbonyl (C=O) groups excluding carboxylic acids is 1. The molecule has 0 unspecified atom stereocenters. The van der Waals surface area contributed by atoms with Gasteiger partial charge in [0.15, 0.2) is 5.65 Å². The van der Waals surface area contributed by atoms with Crippen LogP contribution in [0.15, 0.2) is 18.3 Å². The molecule has 0 aliphatic rings. The van der Waals surface area contributed by atoms with Gasteiger partial charge >= 0.3 is 0 Å². The molecule has 2 heterocycles. The second-order valence-electron chi connectivity index (χ2n) is 3.38. The predicted molar refractivity (Wildman–Crippen MR) is 55.5 cm³/mol. The van der Waals surface area contributed by atoms with E-state index in [1.165, 1.54) is 0 Å². The van der Waals surface area contributed by atoms with E-state index in [0.29, 0.717) is 5.56 Å². The Labute approximate surface area is 86.9 Å². The van der Waals surface area contributed by atoms with Crippen LogP contribution >= 0.6 is 0 Å². The average molecular weight is 204 g/mol. The van der Waals surface area contributed by atoms with Gasteiger partial charge in [-0.25, -0.2) is 0 Å². The topological polar surface area (TPSA) is 73.3 Å². The molecule has 0 radical (unpaired) electrons. The van der Waals surface area contributed by atoms with Gasteiger partial charge in [0.25, 0.3) is 0 Å². The van der Waals surface area contributed by atoms with Crippen molar-refractivity contribution in [3.05, 3.63) is 29.7 Å². The van der Waals surface area contributed by atoms with Crippen molar-refractivity contribution in [2.75, 3.05) is 0 Å². The minimum Gasteiger partial charge on any atom is -0.366 e. The zero-order valence-electron chi connectivity index (χ0n) is 8.47. The molecule has 0 fully saturated rings. The van der Waals surface area contributed by atoms with Gasteiger partial charge in [-0.05, 0) is 18.6 Å². The van der Waals surface area contributed by atoms with Crippen molar-refractivity contribution in [3.8, 4) is 0 Å². The van der Waals surface area contributed by atoms with Crippen molar-refractivity contribution < 1.29 is 4.79 Å². The Bertz CT molecular complexity index is 503. The van der Waals surface area contributed by atoms with Gasteiger partial charge in [-0.15, -0.1) is 10.2 Å². The quantitative estimate of drug-likeness (QED) is 0.802. The van der Waals surface area contributed by atoms with Crippen LogP contribution < -0.4 is 5.73 Å². The summed E-state index contributed by atoms with van der Waals surface area (Å²) >= 11 is 0. The number of nitrogens with two attached hydrogens (primary N) is 1. The molecule has 5 nitrogen and oxygen atoms in total. The standard InChI is InChI=1S/C10H12N4O/c1-2-3-8-12-13-9-5-4-7(10(11)15)6-14(8)9/h4-6H,2-3H2,1H3,(H2,11,15). The van der Waals surface area contributed by atoms with Crippen LogP contribution in [0.2, 0.25) is 0 Å². The fraction of sp³-hybridized carbons (Fsp3) is 0.300. The molecule has 2 aromatic heterocycles. The maximum absolute atomic E-state index is 11.0. The molecule has 78 valence electrons. The van der Waals surface area contributed by atoms with E-state index < -0.39 is 5.91 Å². The lowest BCUT2D eigenvalue weighted by molar-refractivity contribution is 0.1000. The molecule has 0 saturated carbocycles. The Hall–Kier alpha value is -1.91. The number of nitrogens with zero attached hydrogens (tertiary/aromatic N) is 3. The first-order valence-electron chi connectivity index (χ1n) is 4.86. The van der Waals surface area contributed by atoms with E-state index in [4.69, 9.17) is 5.73 Å². The molecule has 0 aromatic carbocycles. The third-order valence-electron chi connectivity index (χ3n) is 2.23. The maximum Gasteiger partial charge on any atom is 0.250 e. The van der Waals surface area contributed by atoms with Crippen LogP contribution in [0.3, 0.4) is 0 Å². The number of aromatic nitrogens is 3. The van der Waals surface area contributed by atoms with Gasteiger partial charge in [0, 0.05) is 12.6 Å². The van der Waals surface area contributed by atoms with E-state index >= 15 is 0 Å². The number of hydrogen-bond donors (Lipinski definition) is 1. The average Bonchev–Trinajstić information content (AvgIpc) is 2.61. The molecule has 0 atom stereocenters. The highest BCUT2D eigenvalue weighted by molar-refractivity contribution is 5.92. The van der Waals surface area contributed by atoms with Crippen molar-refractivity contribution >= 4 is 11.6 Å². The highest BCUT2D eigenvalue weighted by Gasteiger charge is 2.07. The molecule has 0 bridgehead atoms. The molecule has 0 spiro atoms. The molecule has 1 amide bonds. The number of fused-ring (bicyclic) bond motifs is 1. The molecule has 0 aliphatic carbocycles. The number of carbonyl (C=O) groups is 1. The van der Waals surface area contributed by atoms with Crippen LogP contribution in [0.1, 0.15) is 29.5 Å². The Morgan fingerprint density at radius 1 is 1.47 bits per heavy atom. The molecule has 5 heteroatoms. The van der Waals surface area contributed by atoms with Crippen LogP contribution in [0.5, 0.6) is 0 Å². The highest BCUT2D eigenvalue weighted by atomic mass is 16.1. The SMILES string of the molecule is CCCc1nnc2ccc(C(N)=O)cn12. The summed E-state index contributed by atoms with van der Waals surface area (Å²) in [6, 6.07) is 3.40. The summed E-state index contributed by atoms with van der Waals surface area (Å²) in [4.78, 5) is 11.0. The fourth-order valence-electron chi connectivity index (χ4n) is 1.48. The molecule has 15 heavy (non-hydrogen) atoms. The largest absolute Gasteiger partial charge is 0.366 e. The van der Waals surface area contributed by atoms with Gasteiger partial charge < -0.3 is 5.73 Å². The molecule has 2 rings (SSSR count). The van der Waals surface area contributed by atoms with Gasteiger partial charge in [-0.3, -0.25) is 9.20 Å². The van der Waals surface area contributed by atoms with Gasteiger partial charge in [-0.1, -0.05) is 6.92 Å². The summed E-state index contributed by atoms with van der Waals surface area (Å²) < 4.78 is 1.81. The summed E-state index contributed by atoms with van der Waals surface area (Å²) in [7, 11) is 0. The molecule has 0 aliphatic heterocycles. The lowest BCUT2D eigenvalue weighted by atomic mass is 10.2. The van der Waals surface area contributed by atoms with Crippen molar-refractivity contribution in [1.29, 1.82) is 0 Å². The first-order valence-corrected chi connectivity index (χ1v) is 4.86. The number of rotatable bonds is 3. The molecule has 2 N–H and O–H groups in total. The molecule has 2 aromatic rings. The molecular formula is C10H12N4O. The van der Waals surface area contributed by atoms with Crippen molar-refractivity contribution in [2.24, 2.45) is 5.73 Å². The minimum atomic E-state index is -0.437. The summed E-state index contributed by atoms with van der Waals surface area (Å²) in [5, 5.41) is 8.04. The Kier molecular flexibility index (Phi) is 2.37. The number of aryl methyl sites for hydroxylation is 1. The van der Waals surface area contributed by atoms with E-state index in [1.807, 2.05) is 4.40 Å². The predicted octanol–water partition coefficient (Wildman–Crippen LogP) is 0.781. The summed E-state index contributed by atoms with van der Waals surface area (Å²) in [5.74, 6) is 0.420. The van der Waals surface area contributed by atoms with Crippen molar-refractivity contribution in [2.45, 2.75) is 19.8 Å². The Balaban J connectivity index is 2.56. The number of amides is 1. The van der Waals surface area contributed by atoms with Gasteiger partial charge in [0.2, 0.25) is 5.91 Å². The van der Waals surface area contributed by atoms with E-state index in [9.17, 15) is 4.79 Å². The van der Waals surface area contributed by atoms with Crippen molar-refractivity contribution in [3.63, 3.8) is 0 Å². The van der Waals surface area contributed by atoms with Crippen LogP contribution in [-0.2, 0) is 6.42 Å². The summed E-state index contributed by atoms with van der Waals surface area (Å²) in [6.45, 7) is 2.07. The second-order valence-corrected chi connectivity index (χ2v) is 3.38.